The van der Waals surface area contributed by atoms with Crippen LogP contribution in [-0.4, -0.2) is 74.0 Å². The van der Waals surface area contributed by atoms with Crippen molar-refractivity contribution in [3.8, 4) is 0 Å². The van der Waals surface area contributed by atoms with E-state index in [-0.39, 0.29) is 13.1 Å². The van der Waals surface area contributed by atoms with Crippen molar-refractivity contribution in [3.63, 3.8) is 0 Å². The quantitative estimate of drug-likeness (QED) is 0.315. The highest BCUT2D eigenvalue weighted by molar-refractivity contribution is 6.60. The lowest BCUT2D eigenvalue weighted by atomic mass is 10.4. The number of nitrogens with zero attached hydrogens (tertiary/aromatic N) is 3. The van der Waals surface area contributed by atoms with E-state index in [2.05, 4.69) is 6.58 Å². The molecule has 178 valence electrons. The van der Waals surface area contributed by atoms with Gasteiger partial charge in [-0.15, -0.1) is 0 Å². The molecule has 0 fully saturated rings. The van der Waals surface area contributed by atoms with Crippen LogP contribution >= 0.6 is 0 Å². The molecule has 31 heavy (non-hydrogen) atoms. The van der Waals surface area contributed by atoms with E-state index in [0.29, 0.717) is 24.9 Å². The third kappa shape index (κ3) is 6.20. The lowest BCUT2D eigenvalue weighted by Gasteiger charge is -2.24. The zero-order valence-corrected chi connectivity index (χ0v) is 21.0. The molecule has 0 saturated heterocycles. The third-order valence-corrected chi connectivity index (χ3v) is 10.8. The van der Waals surface area contributed by atoms with E-state index in [1.54, 1.807) is 0 Å². The second kappa shape index (κ2) is 12.4. The summed E-state index contributed by atoms with van der Waals surface area (Å²) >= 11 is 0. The molecule has 0 bridgehead atoms. The summed E-state index contributed by atoms with van der Waals surface area (Å²) in [6.07, 6.45) is 1.84. The molecule has 1 heterocycles. The molecule has 0 aliphatic carbocycles. The standard InChI is InChI=1S/C17H33N3O9Si2/c1-8-18-15(21)19(11-9-13-30(24-2,25-3)26-4)17(23)20(16(18)22)12-10-14-31(27-5,28-6)29-7/h8H,1,9-14H2,2-7H3. The smallest absolute Gasteiger partial charge is 0.377 e. The van der Waals surface area contributed by atoms with E-state index in [9.17, 15) is 14.4 Å². The zero-order valence-electron chi connectivity index (χ0n) is 19.0. The van der Waals surface area contributed by atoms with Crippen LogP contribution in [0.1, 0.15) is 12.8 Å². The van der Waals surface area contributed by atoms with Gasteiger partial charge in [0.1, 0.15) is 0 Å². The Kier molecular flexibility index (Phi) is 10.9. The van der Waals surface area contributed by atoms with Crippen LogP contribution in [0, 0.1) is 0 Å². The van der Waals surface area contributed by atoms with E-state index in [4.69, 9.17) is 26.6 Å². The minimum absolute atomic E-state index is 0.0590. The molecule has 0 aliphatic heterocycles. The van der Waals surface area contributed by atoms with Crippen molar-refractivity contribution in [3.05, 3.63) is 38.0 Å². The molecular weight excluding hydrogens is 446 g/mol. The van der Waals surface area contributed by atoms with E-state index < -0.39 is 34.7 Å². The fourth-order valence-electron chi connectivity index (χ4n) is 3.21. The van der Waals surface area contributed by atoms with Gasteiger partial charge in [0.05, 0.1) is 0 Å². The van der Waals surface area contributed by atoms with Crippen LogP contribution in [0.15, 0.2) is 21.0 Å². The van der Waals surface area contributed by atoms with Gasteiger partial charge in [0.2, 0.25) is 0 Å². The Morgan fingerprint density at radius 1 is 0.677 bits per heavy atom. The van der Waals surface area contributed by atoms with Gasteiger partial charge in [0.25, 0.3) is 0 Å². The normalized spacial score (nSPS) is 12.3. The summed E-state index contributed by atoms with van der Waals surface area (Å²) in [6, 6.07) is 0.776. The molecule has 1 rings (SSSR count). The summed E-state index contributed by atoms with van der Waals surface area (Å²) < 4.78 is 35.0. The van der Waals surface area contributed by atoms with Gasteiger partial charge in [0.15, 0.2) is 0 Å². The minimum atomic E-state index is -2.86. The Balaban J connectivity index is 3.17. The molecule has 0 saturated carbocycles. The minimum Gasteiger partial charge on any atom is -0.377 e. The van der Waals surface area contributed by atoms with E-state index in [1.807, 2.05) is 0 Å². The molecule has 0 amide bonds. The molecule has 1 aromatic rings. The van der Waals surface area contributed by atoms with Crippen LogP contribution in [0.5, 0.6) is 0 Å². The molecule has 0 radical (unpaired) electrons. The van der Waals surface area contributed by atoms with Crippen molar-refractivity contribution in [2.24, 2.45) is 0 Å². The highest BCUT2D eigenvalue weighted by Gasteiger charge is 2.38. The molecule has 1 aromatic heterocycles. The molecule has 0 unspecified atom stereocenters. The number of hydrogen-bond acceptors (Lipinski definition) is 9. The first kappa shape index (κ1) is 27.4. The summed E-state index contributed by atoms with van der Waals surface area (Å²) in [5.74, 6) is 0. The molecular formula is C17H33N3O9Si2. The summed E-state index contributed by atoms with van der Waals surface area (Å²) in [5, 5.41) is 0. The van der Waals surface area contributed by atoms with Crippen LogP contribution in [0.4, 0.5) is 0 Å². The predicted octanol–water partition coefficient (Wildman–Crippen LogP) is -0.191. The molecule has 0 N–H and O–H groups in total. The van der Waals surface area contributed by atoms with E-state index in [0.717, 1.165) is 19.9 Å². The molecule has 14 heteroatoms. The van der Waals surface area contributed by atoms with Crippen molar-refractivity contribution in [1.82, 2.24) is 13.7 Å². The summed E-state index contributed by atoms with van der Waals surface area (Å²) in [5.41, 5.74) is -2.21. The fraction of sp³-hybridized carbons (Fsp3) is 0.706. The predicted molar refractivity (Wildman–Crippen MR) is 118 cm³/mol. The maximum Gasteiger partial charge on any atom is 0.500 e. The van der Waals surface area contributed by atoms with Crippen molar-refractivity contribution in [1.29, 1.82) is 0 Å². The van der Waals surface area contributed by atoms with Crippen molar-refractivity contribution < 1.29 is 26.6 Å². The molecule has 0 aliphatic rings. The Morgan fingerprint density at radius 2 is 1.00 bits per heavy atom. The van der Waals surface area contributed by atoms with Gasteiger partial charge in [-0.2, -0.15) is 0 Å². The third-order valence-electron chi connectivity index (χ3n) is 5.11. The fourth-order valence-corrected chi connectivity index (χ4v) is 6.62. The largest absolute Gasteiger partial charge is 0.500 e. The highest BCUT2D eigenvalue weighted by atomic mass is 28.4. The van der Waals surface area contributed by atoms with Gasteiger partial charge in [0, 0.05) is 74.0 Å². The van der Waals surface area contributed by atoms with Gasteiger partial charge in [-0.1, -0.05) is 6.58 Å². The van der Waals surface area contributed by atoms with Gasteiger partial charge in [-0.25, -0.2) is 28.1 Å². The summed E-state index contributed by atoms with van der Waals surface area (Å²) in [6.45, 7) is 3.63. The SMILES string of the molecule is C=Cn1c(=O)n(CCC[Si](OC)(OC)OC)c(=O)n(CCC[Si](OC)(OC)OC)c1=O. The van der Waals surface area contributed by atoms with Crippen molar-refractivity contribution in [2.45, 2.75) is 38.0 Å². The van der Waals surface area contributed by atoms with E-state index >= 15 is 0 Å². The first-order chi connectivity index (χ1) is 14.7. The lowest BCUT2D eigenvalue weighted by Crippen LogP contribution is -2.53. The Morgan fingerprint density at radius 3 is 1.26 bits per heavy atom. The molecule has 0 atom stereocenters. The van der Waals surface area contributed by atoms with Crippen LogP contribution in [0.3, 0.4) is 0 Å². The molecule has 0 spiro atoms. The first-order valence-electron chi connectivity index (χ1n) is 9.63. The van der Waals surface area contributed by atoms with Crippen LogP contribution in [-0.2, 0) is 39.6 Å². The average molecular weight is 480 g/mol. The highest BCUT2D eigenvalue weighted by Crippen LogP contribution is 2.16. The van der Waals surface area contributed by atoms with Gasteiger partial charge < -0.3 is 26.6 Å². The Bertz CT molecular complexity index is 808. The summed E-state index contributed by atoms with van der Waals surface area (Å²) in [4.78, 5) is 38.2. The molecule has 12 nitrogen and oxygen atoms in total. The molecule has 0 aromatic carbocycles. The first-order valence-corrected chi connectivity index (χ1v) is 13.5. The monoisotopic (exact) mass is 479 g/mol. The van der Waals surface area contributed by atoms with Gasteiger partial charge in [-0.3, -0.25) is 0 Å². The topological polar surface area (TPSA) is 121 Å². The van der Waals surface area contributed by atoms with Crippen LogP contribution in [0.2, 0.25) is 12.1 Å². The van der Waals surface area contributed by atoms with Crippen LogP contribution < -0.4 is 17.1 Å². The number of rotatable bonds is 15. The van der Waals surface area contributed by atoms with Crippen molar-refractivity contribution >= 4 is 23.8 Å². The summed E-state index contributed by atoms with van der Waals surface area (Å²) in [7, 11) is 3.20. The second-order valence-electron chi connectivity index (χ2n) is 6.50. The Hall–Kier alpha value is -1.66. The lowest BCUT2D eigenvalue weighted by molar-refractivity contribution is 0.122. The van der Waals surface area contributed by atoms with Crippen molar-refractivity contribution in [2.75, 3.05) is 42.7 Å². The maximum absolute atomic E-state index is 12.9. The maximum atomic E-state index is 12.9. The average Bonchev–Trinajstić information content (AvgIpc) is 2.79. The van der Waals surface area contributed by atoms with Crippen LogP contribution in [0.25, 0.3) is 6.20 Å². The van der Waals surface area contributed by atoms with E-state index in [1.165, 1.54) is 42.7 Å². The van der Waals surface area contributed by atoms with Gasteiger partial charge in [-0.05, 0) is 12.8 Å². The number of aromatic nitrogens is 3. The van der Waals surface area contributed by atoms with Gasteiger partial charge >= 0.3 is 34.7 Å². The Labute approximate surface area is 183 Å². The zero-order chi connectivity index (χ0) is 23.7. The number of hydrogen-bond donors (Lipinski definition) is 0. The second-order valence-corrected chi connectivity index (χ2v) is 12.7.